The van der Waals surface area contributed by atoms with Crippen molar-refractivity contribution in [3.05, 3.63) is 0 Å². The third kappa shape index (κ3) is 14.0. The van der Waals surface area contributed by atoms with Crippen LogP contribution in [-0.4, -0.2) is 102 Å². The highest BCUT2D eigenvalue weighted by Gasteiger charge is 2.28. The predicted octanol–water partition coefficient (Wildman–Crippen LogP) is 4.08. The Morgan fingerprint density at radius 2 is 0.857 bits per heavy atom. The normalized spacial score (nSPS) is 17.9. The van der Waals surface area contributed by atoms with Gasteiger partial charge in [0.25, 0.3) is 0 Å². The standard InChI is InChI=1S/C25H48N4O6/c1-23(2,3)33-20(30)27-14-11-10-12-26-13-15-28(21(31)34-24(4,5)6)17-19-29(18-16-27)22(32)35-25(7,8)9/h26H,10-19H2,1-9H3. The van der Waals surface area contributed by atoms with Gasteiger partial charge in [0, 0.05) is 45.8 Å². The molecular weight excluding hydrogens is 452 g/mol. The lowest BCUT2D eigenvalue weighted by Crippen LogP contribution is -2.49. The summed E-state index contributed by atoms with van der Waals surface area (Å²) >= 11 is 0. The molecule has 35 heavy (non-hydrogen) atoms. The van der Waals surface area contributed by atoms with Crippen LogP contribution in [0, 0.1) is 0 Å². The number of amides is 3. The minimum Gasteiger partial charge on any atom is -0.444 e. The van der Waals surface area contributed by atoms with Crippen LogP contribution in [0.1, 0.15) is 75.2 Å². The molecule has 0 radical (unpaired) electrons. The SMILES string of the molecule is CC(C)(C)OC(=O)N1CCCCNCCN(C(=O)OC(C)(C)C)CCN(C(=O)OC(C)(C)C)CC1. The largest absolute Gasteiger partial charge is 0.444 e. The van der Waals surface area contributed by atoms with E-state index in [1.807, 2.05) is 41.5 Å². The zero-order valence-corrected chi connectivity index (χ0v) is 23.4. The second kappa shape index (κ2) is 13.2. The van der Waals surface area contributed by atoms with E-state index in [0.717, 1.165) is 19.4 Å². The van der Waals surface area contributed by atoms with Gasteiger partial charge in [-0.3, -0.25) is 0 Å². The fraction of sp³-hybridized carbons (Fsp3) is 0.880. The number of carbonyl (C=O) groups excluding carboxylic acids is 3. The molecule has 0 aromatic heterocycles. The van der Waals surface area contributed by atoms with Crippen LogP contribution in [0.15, 0.2) is 0 Å². The van der Waals surface area contributed by atoms with E-state index in [4.69, 9.17) is 14.2 Å². The van der Waals surface area contributed by atoms with E-state index in [0.29, 0.717) is 26.2 Å². The van der Waals surface area contributed by atoms with Gasteiger partial charge >= 0.3 is 18.3 Å². The summed E-state index contributed by atoms with van der Waals surface area (Å²) in [7, 11) is 0. The summed E-state index contributed by atoms with van der Waals surface area (Å²) in [5.41, 5.74) is -1.91. The molecule has 0 saturated carbocycles. The Morgan fingerprint density at radius 1 is 0.514 bits per heavy atom. The zero-order valence-electron chi connectivity index (χ0n) is 23.4. The summed E-state index contributed by atoms with van der Waals surface area (Å²) in [5, 5.41) is 3.34. The highest BCUT2D eigenvalue weighted by atomic mass is 16.6. The molecule has 1 heterocycles. The van der Waals surface area contributed by atoms with Crippen LogP contribution in [0.2, 0.25) is 0 Å². The summed E-state index contributed by atoms with van der Waals surface area (Å²) in [5.74, 6) is 0. The number of nitrogens with one attached hydrogen (secondary N) is 1. The van der Waals surface area contributed by atoms with E-state index >= 15 is 0 Å². The van der Waals surface area contributed by atoms with Crippen molar-refractivity contribution in [1.82, 2.24) is 20.0 Å². The van der Waals surface area contributed by atoms with Crippen LogP contribution >= 0.6 is 0 Å². The van der Waals surface area contributed by atoms with E-state index in [9.17, 15) is 14.4 Å². The molecule has 0 spiro atoms. The molecule has 1 rings (SSSR count). The van der Waals surface area contributed by atoms with E-state index in [1.165, 1.54) is 0 Å². The van der Waals surface area contributed by atoms with Crippen molar-refractivity contribution in [3.8, 4) is 0 Å². The van der Waals surface area contributed by atoms with Gasteiger partial charge < -0.3 is 34.2 Å². The van der Waals surface area contributed by atoms with Gasteiger partial charge in [-0.15, -0.1) is 0 Å². The first-order valence-corrected chi connectivity index (χ1v) is 12.6. The first-order chi connectivity index (χ1) is 16.0. The molecule has 1 N–H and O–H groups in total. The van der Waals surface area contributed by atoms with Crippen molar-refractivity contribution in [1.29, 1.82) is 0 Å². The number of ether oxygens (including phenoxy) is 3. The van der Waals surface area contributed by atoms with Crippen molar-refractivity contribution in [2.45, 2.75) is 92.0 Å². The Bertz CT molecular complexity index is 650. The molecule has 0 aromatic carbocycles. The predicted molar refractivity (Wildman–Crippen MR) is 136 cm³/mol. The van der Waals surface area contributed by atoms with Crippen LogP contribution < -0.4 is 5.32 Å². The Labute approximate surface area is 211 Å². The summed E-state index contributed by atoms with van der Waals surface area (Å²) < 4.78 is 16.8. The van der Waals surface area contributed by atoms with Crippen LogP contribution in [0.4, 0.5) is 14.4 Å². The molecule has 1 aliphatic rings. The van der Waals surface area contributed by atoms with Gasteiger partial charge in [-0.05, 0) is 81.7 Å². The second-order valence-electron chi connectivity index (χ2n) is 11.9. The van der Waals surface area contributed by atoms with Crippen molar-refractivity contribution >= 4 is 18.3 Å². The topological polar surface area (TPSA) is 101 Å². The summed E-state index contributed by atoms with van der Waals surface area (Å²) in [6.45, 7) is 19.8. The van der Waals surface area contributed by atoms with Gasteiger partial charge in [0.15, 0.2) is 0 Å². The highest BCUT2D eigenvalue weighted by Crippen LogP contribution is 2.14. The van der Waals surface area contributed by atoms with Crippen molar-refractivity contribution < 1.29 is 28.6 Å². The van der Waals surface area contributed by atoms with E-state index in [-0.39, 0.29) is 19.6 Å². The molecule has 1 aliphatic heterocycles. The van der Waals surface area contributed by atoms with Crippen LogP contribution in [0.3, 0.4) is 0 Å². The molecule has 10 heteroatoms. The second-order valence-corrected chi connectivity index (χ2v) is 11.9. The fourth-order valence-electron chi connectivity index (χ4n) is 3.24. The average Bonchev–Trinajstić information content (AvgIpc) is 2.64. The molecule has 0 atom stereocenters. The molecule has 10 nitrogen and oxygen atoms in total. The molecule has 1 saturated heterocycles. The fourth-order valence-corrected chi connectivity index (χ4v) is 3.24. The Morgan fingerprint density at radius 3 is 1.23 bits per heavy atom. The minimum absolute atomic E-state index is 0.246. The van der Waals surface area contributed by atoms with Gasteiger partial charge in [0.05, 0.1) is 0 Å². The maximum atomic E-state index is 13.0. The van der Waals surface area contributed by atoms with E-state index in [2.05, 4.69) is 5.32 Å². The number of hydrogen-bond acceptors (Lipinski definition) is 7. The van der Waals surface area contributed by atoms with Crippen LogP contribution in [0.25, 0.3) is 0 Å². The van der Waals surface area contributed by atoms with Gasteiger partial charge in [-0.1, -0.05) is 0 Å². The van der Waals surface area contributed by atoms with E-state index in [1.54, 1.807) is 35.5 Å². The van der Waals surface area contributed by atoms with Crippen molar-refractivity contribution in [2.24, 2.45) is 0 Å². The summed E-state index contributed by atoms with van der Waals surface area (Å²) in [6, 6.07) is 0. The van der Waals surface area contributed by atoms with Crippen LogP contribution in [-0.2, 0) is 14.2 Å². The first-order valence-electron chi connectivity index (χ1n) is 12.6. The van der Waals surface area contributed by atoms with Gasteiger partial charge in [-0.2, -0.15) is 0 Å². The molecule has 3 amide bonds. The molecule has 0 bridgehead atoms. The van der Waals surface area contributed by atoms with Gasteiger partial charge in [0.2, 0.25) is 0 Å². The Balaban J connectivity index is 3.08. The average molecular weight is 501 g/mol. The Hall–Kier alpha value is -2.23. The number of hydrogen-bond donors (Lipinski definition) is 1. The van der Waals surface area contributed by atoms with E-state index < -0.39 is 35.1 Å². The first kappa shape index (κ1) is 30.8. The summed E-state index contributed by atoms with van der Waals surface area (Å²) in [4.78, 5) is 43.4. The minimum atomic E-state index is -0.671. The molecule has 204 valence electrons. The lowest BCUT2D eigenvalue weighted by atomic mass is 10.2. The molecular formula is C25H48N4O6. The van der Waals surface area contributed by atoms with Crippen molar-refractivity contribution in [3.63, 3.8) is 0 Å². The smallest absolute Gasteiger partial charge is 0.410 e. The maximum absolute atomic E-state index is 13.0. The molecule has 0 aromatic rings. The Kier molecular flexibility index (Phi) is 11.6. The third-order valence-electron chi connectivity index (χ3n) is 4.82. The summed E-state index contributed by atoms with van der Waals surface area (Å²) in [6.07, 6.45) is 0.328. The third-order valence-corrected chi connectivity index (χ3v) is 4.82. The maximum Gasteiger partial charge on any atom is 0.410 e. The van der Waals surface area contributed by atoms with Gasteiger partial charge in [-0.25, -0.2) is 14.4 Å². The number of rotatable bonds is 0. The quantitative estimate of drug-likeness (QED) is 0.500. The molecule has 0 aliphatic carbocycles. The zero-order chi connectivity index (χ0) is 26.9. The van der Waals surface area contributed by atoms with Crippen molar-refractivity contribution in [2.75, 3.05) is 52.4 Å². The van der Waals surface area contributed by atoms with Crippen LogP contribution in [0.5, 0.6) is 0 Å². The molecule has 0 unspecified atom stereocenters. The number of carbonyl (C=O) groups is 3. The van der Waals surface area contributed by atoms with Gasteiger partial charge in [0.1, 0.15) is 16.8 Å². The lowest BCUT2D eigenvalue weighted by molar-refractivity contribution is 0.00815. The molecule has 1 fully saturated rings. The number of nitrogens with zero attached hydrogens (tertiary/aromatic N) is 3. The monoisotopic (exact) mass is 500 g/mol. The highest BCUT2D eigenvalue weighted by molar-refractivity contribution is 5.70. The lowest BCUT2D eigenvalue weighted by Gasteiger charge is -2.33.